The van der Waals surface area contributed by atoms with Crippen molar-refractivity contribution in [3.8, 4) is 0 Å². The normalized spacial score (nSPS) is 10.1. The Morgan fingerprint density at radius 3 is 2.75 bits per heavy atom. The minimum atomic E-state index is -0.421. The predicted molar refractivity (Wildman–Crippen MR) is 78.5 cm³/mol. The van der Waals surface area contributed by atoms with Gasteiger partial charge in [0.15, 0.2) is 5.76 Å². The summed E-state index contributed by atoms with van der Waals surface area (Å²) >= 11 is 3.39. The van der Waals surface area contributed by atoms with Crippen molar-refractivity contribution in [1.82, 2.24) is 5.32 Å². The van der Waals surface area contributed by atoms with Gasteiger partial charge in [0, 0.05) is 10.2 Å². The Kier molecular flexibility index (Phi) is 4.57. The second kappa shape index (κ2) is 6.38. The Morgan fingerprint density at radius 2 is 2.10 bits per heavy atom. The first-order valence-electron chi connectivity index (χ1n) is 5.94. The van der Waals surface area contributed by atoms with E-state index in [-0.39, 0.29) is 18.2 Å². The third-order valence-electron chi connectivity index (χ3n) is 2.61. The lowest BCUT2D eigenvalue weighted by Gasteiger charge is -2.07. The Labute approximate surface area is 124 Å². The third kappa shape index (κ3) is 3.71. The monoisotopic (exact) mass is 336 g/mol. The van der Waals surface area contributed by atoms with Gasteiger partial charge in [-0.2, -0.15) is 0 Å². The molecule has 0 aliphatic rings. The van der Waals surface area contributed by atoms with E-state index in [0.717, 1.165) is 10.0 Å². The molecule has 2 N–H and O–H groups in total. The van der Waals surface area contributed by atoms with Crippen LogP contribution >= 0.6 is 15.9 Å². The van der Waals surface area contributed by atoms with Gasteiger partial charge >= 0.3 is 0 Å². The molecule has 0 spiro atoms. The number of carbonyl (C=O) groups is 2. The molecule has 0 bridgehead atoms. The SMILES string of the molecule is Cc1ccc(NC(=O)CNC(=O)c2ccco2)cc1Br. The predicted octanol–water partition coefficient (Wildman–Crippen LogP) is 2.72. The standard InChI is InChI=1S/C14H13BrN2O3/c1-9-4-5-10(7-11(9)15)17-13(18)8-16-14(19)12-3-2-6-20-12/h2-7H,8H2,1H3,(H,16,19)(H,17,18). The summed E-state index contributed by atoms with van der Waals surface area (Å²) in [5, 5.41) is 5.17. The van der Waals surface area contributed by atoms with Gasteiger partial charge in [-0.05, 0) is 36.8 Å². The van der Waals surface area contributed by atoms with Gasteiger partial charge in [-0.3, -0.25) is 9.59 Å². The molecule has 0 atom stereocenters. The number of aryl methyl sites for hydroxylation is 1. The van der Waals surface area contributed by atoms with E-state index in [4.69, 9.17) is 4.42 Å². The molecule has 0 aliphatic heterocycles. The highest BCUT2D eigenvalue weighted by Gasteiger charge is 2.10. The van der Waals surface area contributed by atoms with E-state index < -0.39 is 5.91 Å². The van der Waals surface area contributed by atoms with Gasteiger partial charge < -0.3 is 15.1 Å². The van der Waals surface area contributed by atoms with Crippen molar-refractivity contribution in [3.05, 3.63) is 52.4 Å². The van der Waals surface area contributed by atoms with E-state index in [0.29, 0.717) is 5.69 Å². The second-order valence-electron chi connectivity index (χ2n) is 4.17. The number of furan rings is 1. The van der Waals surface area contributed by atoms with E-state index in [9.17, 15) is 9.59 Å². The topological polar surface area (TPSA) is 71.3 Å². The smallest absolute Gasteiger partial charge is 0.287 e. The summed E-state index contributed by atoms with van der Waals surface area (Å²) in [7, 11) is 0. The lowest BCUT2D eigenvalue weighted by Crippen LogP contribution is -2.32. The van der Waals surface area contributed by atoms with Crippen molar-refractivity contribution in [2.24, 2.45) is 0 Å². The minimum absolute atomic E-state index is 0.120. The molecular formula is C14H13BrN2O3. The zero-order chi connectivity index (χ0) is 14.5. The first kappa shape index (κ1) is 14.3. The fraction of sp³-hybridized carbons (Fsp3) is 0.143. The van der Waals surface area contributed by atoms with Gasteiger partial charge in [-0.1, -0.05) is 22.0 Å². The summed E-state index contributed by atoms with van der Waals surface area (Å²) in [5.41, 5.74) is 1.74. The van der Waals surface area contributed by atoms with Crippen LogP contribution in [0.4, 0.5) is 5.69 Å². The summed E-state index contributed by atoms with van der Waals surface area (Å²) in [6, 6.07) is 8.64. The largest absolute Gasteiger partial charge is 0.459 e. The number of anilines is 1. The Hall–Kier alpha value is -2.08. The molecule has 20 heavy (non-hydrogen) atoms. The maximum atomic E-state index is 11.7. The molecule has 0 aliphatic carbocycles. The summed E-state index contributed by atoms with van der Waals surface area (Å²) in [6.07, 6.45) is 1.40. The molecule has 0 radical (unpaired) electrons. The number of rotatable bonds is 4. The maximum absolute atomic E-state index is 11.7. The molecule has 1 aromatic heterocycles. The first-order valence-corrected chi connectivity index (χ1v) is 6.73. The summed E-state index contributed by atoms with van der Waals surface area (Å²) in [5.74, 6) is -0.549. The molecule has 1 aromatic carbocycles. The Balaban J connectivity index is 1.86. The fourth-order valence-corrected chi connectivity index (χ4v) is 1.91. The lowest BCUT2D eigenvalue weighted by molar-refractivity contribution is -0.115. The van der Waals surface area contributed by atoms with Crippen LogP contribution in [0, 0.1) is 6.92 Å². The van der Waals surface area contributed by atoms with Crippen molar-refractivity contribution in [3.63, 3.8) is 0 Å². The van der Waals surface area contributed by atoms with Gasteiger partial charge in [-0.25, -0.2) is 0 Å². The van der Waals surface area contributed by atoms with Crippen LogP contribution in [0.25, 0.3) is 0 Å². The summed E-state index contributed by atoms with van der Waals surface area (Å²) in [6.45, 7) is 1.84. The number of halogens is 1. The molecule has 2 rings (SSSR count). The van der Waals surface area contributed by atoms with E-state index in [1.54, 1.807) is 12.1 Å². The van der Waals surface area contributed by atoms with E-state index >= 15 is 0 Å². The average Bonchev–Trinajstić information content (AvgIpc) is 2.94. The van der Waals surface area contributed by atoms with Crippen LogP contribution < -0.4 is 10.6 Å². The van der Waals surface area contributed by atoms with Crippen LogP contribution in [0.15, 0.2) is 45.5 Å². The highest BCUT2D eigenvalue weighted by Crippen LogP contribution is 2.20. The van der Waals surface area contributed by atoms with Crippen LogP contribution in [0.5, 0.6) is 0 Å². The number of hydrogen-bond acceptors (Lipinski definition) is 3. The molecule has 0 saturated heterocycles. The Bertz CT molecular complexity index is 623. The highest BCUT2D eigenvalue weighted by atomic mass is 79.9. The molecule has 5 nitrogen and oxygen atoms in total. The number of benzene rings is 1. The van der Waals surface area contributed by atoms with E-state index in [1.165, 1.54) is 12.3 Å². The molecule has 2 amide bonds. The molecule has 0 saturated carbocycles. The van der Waals surface area contributed by atoms with Gasteiger partial charge in [0.25, 0.3) is 5.91 Å². The third-order valence-corrected chi connectivity index (χ3v) is 3.46. The second-order valence-corrected chi connectivity index (χ2v) is 5.03. The zero-order valence-electron chi connectivity index (χ0n) is 10.8. The average molecular weight is 337 g/mol. The number of nitrogens with one attached hydrogen (secondary N) is 2. The molecule has 104 valence electrons. The summed E-state index contributed by atoms with van der Waals surface area (Å²) in [4.78, 5) is 23.3. The fourth-order valence-electron chi connectivity index (χ4n) is 1.53. The van der Waals surface area contributed by atoms with Crippen LogP contribution in [-0.2, 0) is 4.79 Å². The number of hydrogen-bond donors (Lipinski definition) is 2. The first-order chi connectivity index (χ1) is 9.56. The lowest BCUT2D eigenvalue weighted by atomic mass is 10.2. The minimum Gasteiger partial charge on any atom is -0.459 e. The molecule has 0 unspecified atom stereocenters. The molecule has 2 aromatic rings. The van der Waals surface area contributed by atoms with Gasteiger partial charge in [-0.15, -0.1) is 0 Å². The van der Waals surface area contributed by atoms with Crippen molar-refractivity contribution in [1.29, 1.82) is 0 Å². The van der Waals surface area contributed by atoms with Gasteiger partial charge in [0.05, 0.1) is 12.8 Å². The van der Waals surface area contributed by atoms with Crippen molar-refractivity contribution in [2.45, 2.75) is 6.92 Å². The molecule has 6 heteroatoms. The van der Waals surface area contributed by atoms with Crippen LogP contribution in [0.1, 0.15) is 16.1 Å². The molecule has 1 heterocycles. The maximum Gasteiger partial charge on any atom is 0.287 e. The molecule has 0 fully saturated rings. The quantitative estimate of drug-likeness (QED) is 0.901. The zero-order valence-corrected chi connectivity index (χ0v) is 12.4. The van der Waals surface area contributed by atoms with E-state index in [2.05, 4.69) is 26.6 Å². The highest BCUT2D eigenvalue weighted by molar-refractivity contribution is 9.10. The number of amides is 2. The van der Waals surface area contributed by atoms with E-state index in [1.807, 2.05) is 19.1 Å². The van der Waals surface area contributed by atoms with Gasteiger partial charge in [0.2, 0.25) is 5.91 Å². The van der Waals surface area contributed by atoms with Gasteiger partial charge in [0.1, 0.15) is 0 Å². The van der Waals surface area contributed by atoms with Crippen LogP contribution in [-0.4, -0.2) is 18.4 Å². The van der Waals surface area contributed by atoms with Crippen molar-refractivity contribution >= 4 is 33.4 Å². The Morgan fingerprint density at radius 1 is 1.30 bits per heavy atom. The van der Waals surface area contributed by atoms with Crippen molar-refractivity contribution in [2.75, 3.05) is 11.9 Å². The summed E-state index contributed by atoms with van der Waals surface area (Å²) < 4.78 is 5.84. The number of carbonyl (C=O) groups excluding carboxylic acids is 2. The van der Waals surface area contributed by atoms with Crippen LogP contribution in [0.2, 0.25) is 0 Å². The molecular weight excluding hydrogens is 324 g/mol. The van der Waals surface area contributed by atoms with Crippen molar-refractivity contribution < 1.29 is 14.0 Å². The van der Waals surface area contributed by atoms with Crippen LogP contribution in [0.3, 0.4) is 0 Å².